The summed E-state index contributed by atoms with van der Waals surface area (Å²) in [6.45, 7) is 0. The van der Waals surface area contributed by atoms with Crippen molar-refractivity contribution in [2.45, 2.75) is 6.42 Å². The van der Waals surface area contributed by atoms with Crippen LogP contribution in [0.15, 0.2) is 82.0 Å². The van der Waals surface area contributed by atoms with Crippen molar-refractivity contribution >= 4 is 22.6 Å². The number of carbonyl (C=O) groups is 1. The largest absolute Gasteiger partial charge is 0.493 e. The lowest BCUT2D eigenvalue weighted by molar-refractivity contribution is 0.0998. The van der Waals surface area contributed by atoms with Gasteiger partial charge in [-0.25, -0.2) is 0 Å². The van der Waals surface area contributed by atoms with E-state index in [9.17, 15) is 4.79 Å². The second-order valence-electron chi connectivity index (χ2n) is 7.02. The molecule has 1 amide bonds. The van der Waals surface area contributed by atoms with Crippen molar-refractivity contribution in [3.63, 3.8) is 0 Å². The lowest BCUT2D eigenvalue weighted by atomic mass is 10.1. The van der Waals surface area contributed by atoms with E-state index in [1.54, 1.807) is 31.6 Å². The number of benzene rings is 2. The zero-order chi connectivity index (χ0) is 21.9. The van der Waals surface area contributed by atoms with Crippen LogP contribution in [0.4, 0.5) is 5.69 Å². The van der Waals surface area contributed by atoms with Crippen LogP contribution in [0.5, 0.6) is 5.75 Å². The Labute approximate surface area is 182 Å². The number of para-hydroxylation sites is 2. The molecule has 3 aromatic heterocycles. The molecular weight excluding hydrogens is 408 g/mol. The molecule has 5 aromatic rings. The Morgan fingerprint density at radius 2 is 1.91 bits per heavy atom. The van der Waals surface area contributed by atoms with E-state index in [1.165, 1.54) is 0 Å². The second-order valence-corrected chi connectivity index (χ2v) is 7.02. The Kier molecular flexibility index (Phi) is 5.09. The summed E-state index contributed by atoms with van der Waals surface area (Å²) < 4.78 is 16.5. The van der Waals surface area contributed by atoms with Gasteiger partial charge in [0.2, 0.25) is 11.7 Å². The quantitative estimate of drug-likeness (QED) is 0.419. The van der Waals surface area contributed by atoms with Crippen LogP contribution in [-0.4, -0.2) is 28.1 Å². The zero-order valence-electron chi connectivity index (χ0n) is 17.1. The number of rotatable bonds is 6. The number of fused-ring (bicyclic) bond motifs is 1. The molecule has 0 atom stereocenters. The molecule has 0 bridgehead atoms. The molecule has 158 valence electrons. The summed E-state index contributed by atoms with van der Waals surface area (Å²) >= 11 is 0. The Bertz CT molecular complexity index is 1390. The molecule has 8 heteroatoms. The highest BCUT2D eigenvalue weighted by atomic mass is 16.5. The first-order valence-electron chi connectivity index (χ1n) is 9.90. The first-order chi connectivity index (χ1) is 15.7. The lowest BCUT2D eigenvalue weighted by Gasteiger charge is -2.08. The number of anilines is 1. The van der Waals surface area contributed by atoms with E-state index < -0.39 is 0 Å². The molecule has 0 aliphatic carbocycles. The molecule has 8 nitrogen and oxygen atoms in total. The van der Waals surface area contributed by atoms with Gasteiger partial charge in [-0.1, -0.05) is 35.5 Å². The van der Waals surface area contributed by atoms with Gasteiger partial charge in [0.05, 0.1) is 13.5 Å². The number of hydrogen-bond donors (Lipinski definition) is 1. The smallest absolute Gasteiger partial charge is 0.291 e. The number of pyridine rings is 1. The summed E-state index contributed by atoms with van der Waals surface area (Å²) in [5.41, 5.74) is 2.81. The summed E-state index contributed by atoms with van der Waals surface area (Å²) in [4.78, 5) is 21.3. The monoisotopic (exact) mass is 426 g/mol. The molecule has 3 heterocycles. The third kappa shape index (κ3) is 3.81. The molecule has 2 aromatic carbocycles. The average molecular weight is 426 g/mol. The molecule has 0 saturated heterocycles. The average Bonchev–Trinajstić information content (AvgIpc) is 3.48. The number of carbonyl (C=O) groups excluding carboxylic acids is 1. The zero-order valence-corrected chi connectivity index (χ0v) is 17.1. The maximum atomic E-state index is 12.9. The molecule has 0 fully saturated rings. The fraction of sp³-hybridized carbons (Fsp3) is 0.0833. The Morgan fingerprint density at radius 1 is 1.06 bits per heavy atom. The fourth-order valence-corrected chi connectivity index (χ4v) is 3.40. The van der Waals surface area contributed by atoms with Crippen molar-refractivity contribution < 1.29 is 18.5 Å². The molecule has 32 heavy (non-hydrogen) atoms. The van der Waals surface area contributed by atoms with E-state index in [-0.39, 0.29) is 11.7 Å². The van der Waals surface area contributed by atoms with Gasteiger partial charge in [-0.2, -0.15) is 4.98 Å². The van der Waals surface area contributed by atoms with Crippen LogP contribution in [0.2, 0.25) is 0 Å². The summed E-state index contributed by atoms with van der Waals surface area (Å²) in [7, 11) is 1.56. The normalized spacial score (nSPS) is 10.9. The van der Waals surface area contributed by atoms with E-state index in [4.69, 9.17) is 13.7 Å². The first-order valence-corrected chi connectivity index (χ1v) is 9.90. The van der Waals surface area contributed by atoms with Crippen LogP contribution in [0.3, 0.4) is 0 Å². The number of aromatic nitrogens is 3. The number of nitrogens with zero attached hydrogens (tertiary/aromatic N) is 3. The molecule has 5 rings (SSSR count). The number of furan rings is 1. The van der Waals surface area contributed by atoms with Crippen LogP contribution >= 0.6 is 0 Å². The van der Waals surface area contributed by atoms with Crippen LogP contribution in [0, 0.1) is 0 Å². The highest BCUT2D eigenvalue weighted by Gasteiger charge is 2.17. The van der Waals surface area contributed by atoms with Crippen molar-refractivity contribution in [1.29, 1.82) is 0 Å². The van der Waals surface area contributed by atoms with Gasteiger partial charge in [-0.15, -0.1) is 0 Å². The van der Waals surface area contributed by atoms with Crippen LogP contribution in [0.1, 0.15) is 22.0 Å². The minimum absolute atomic E-state index is 0.192. The minimum Gasteiger partial charge on any atom is -0.493 e. The van der Waals surface area contributed by atoms with E-state index >= 15 is 0 Å². The summed E-state index contributed by atoms with van der Waals surface area (Å²) in [5.74, 6) is 1.33. The van der Waals surface area contributed by atoms with Gasteiger partial charge in [-0.3, -0.25) is 9.78 Å². The van der Waals surface area contributed by atoms with Gasteiger partial charge >= 0.3 is 0 Å². The Hall–Kier alpha value is -4.46. The Balaban J connectivity index is 1.37. The van der Waals surface area contributed by atoms with Crippen molar-refractivity contribution in [2.24, 2.45) is 0 Å². The maximum absolute atomic E-state index is 12.9. The number of ether oxygens (including phenoxy) is 1. The predicted molar refractivity (Wildman–Crippen MR) is 117 cm³/mol. The van der Waals surface area contributed by atoms with Gasteiger partial charge in [0.15, 0.2) is 17.1 Å². The summed E-state index contributed by atoms with van der Waals surface area (Å²) in [5, 5.41) is 7.73. The number of nitrogens with one attached hydrogen (secondary N) is 1. The number of hydrogen-bond acceptors (Lipinski definition) is 7. The highest BCUT2D eigenvalue weighted by Crippen LogP contribution is 2.29. The third-order valence-electron chi connectivity index (χ3n) is 4.97. The molecule has 0 unspecified atom stereocenters. The molecular formula is C24H18N4O4. The topological polar surface area (TPSA) is 103 Å². The van der Waals surface area contributed by atoms with E-state index in [2.05, 4.69) is 20.4 Å². The van der Waals surface area contributed by atoms with Crippen molar-refractivity contribution in [3.05, 3.63) is 90.3 Å². The molecule has 0 radical (unpaired) electrons. The van der Waals surface area contributed by atoms with Gasteiger partial charge in [-0.05, 0) is 35.9 Å². The van der Waals surface area contributed by atoms with Gasteiger partial charge in [0.25, 0.3) is 5.91 Å². The molecule has 0 aliphatic rings. The fourth-order valence-electron chi connectivity index (χ4n) is 3.40. The second kappa shape index (κ2) is 8.35. The van der Waals surface area contributed by atoms with Crippen LogP contribution in [0.25, 0.3) is 22.4 Å². The van der Waals surface area contributed by atoms with Gasteiger partial charge < -0.3 is 19.0 Å². The van der Waals surface area contributed by atoms with Gasteiger partial charge in [0, 0.05) is 29.0 Å². The molecule has 0 spiro atoms. The standard InChI is InChI=1S/C24H18N4O4/c1-30-19-8-4-6-17-13-20(31-22(17)19)24(29)26-18-7-3-2-5-16(18)14-21-27-23(28-32-21)15-9-11-25-12-10-15/h2-13H,14H2,1H3,(H,26,29). The Morgan fingerprint density at radius 3 is 2.75 bits per heavy atom. The predicted octanol–water partition coefficient (Wildman–Crippen LogP) is 4.73. The van der Waals surface area contributed by atoms with Crippen LogP contribution < -0.4 is 10.1 Å². The first kappa shape index (κ1) is 19.5. The van der Waals surface area contributed by atoms with Crippen LogP contribution in [-0.2, 0) is 6.42 Å². The van der Waals surface area contributed by atoms with Crippen molar-refractivity contribution in [3.8, 4) is 17.1 Å². The molecule has 1 N–H and O–H groups in total. The molecule has 0 aliphatic heterocycles. The summed E-state index contributed by atoms with van der Waals surface area (Å²) in [6, 6.07) is 18.2. The SMILES string of the molecule is COc1cccc2cc(C(=O)Nc3ccccc3Cc3nc(-c4ccncc4)no3)oc12. The van der Waals surface area contributed by atoms with Crippen molar-refractivity contribution in [2.75, 3.05) is 12.4 Å². The lowest BCUT2D eigenvalue weighted by Crippen LogP contribution is -2.12. The third-order valence-corrected chi connectivity index (χ3v) is 4.97. The van der Waals surface area contributed by atoms with Gasteiger partial charge in [0.1, 0.15) is 0 Å². The van der Waals surface area contributed by atoms with E-state index in [0.717, 1.165) is 16.5 Å². The maximum Gasteiger partial charge on any atom is 0.291 e. The minimum atomic E-state index is -0.362. The highest BCUT2D eigenvalue weighted by molar-refractivity contribution is 6.05. The molecule has 0 saturated carbocycles. The summed E-state index contributed by atoms with van der Waals surface area (Å²) in [6.07, 6.45) is 3.70. The van der Waals surface area contributed by atoms with E-state index in [1.807, 2.05) is 48.5 Å². The number of methoxy groups -OCH3 is 1. The van der Waals surface area contributed by atoms with Crippen molar-refractivity contribution in [1.82, 2.24) is 15.1 Å². The number of amides is 1. The van der Waals surface area contributed by atoms with E-state index in [0.29, 0.717) is 35.2 Å².